The maximum atomic E-state index is 12.1. The third kappa shape index (κ3) is 5.48. The van der Waals surface area contributed by atoms with Gasteiger partial charge in [-0.3, -0.25) is 4.79 Å². The second kappa shape index (κ2) is 10.3. The highest BCUT2D eigenvalue weighted by atomic mass is 16.1. The number of nitrogens with two attached hydrogens (primary N) is 1. The summed E-state index contributed by atoms with van der Waals surface area (Å²) in [7, 11) is 0. The maximum Gasteiger partial charge on any atom is 0.240 e. The first-order valence-electron chi connectivity index (χ1n) is 10.7. The summed E-state index contributed by atoms with van der Waals surface area (Å²) in [5, 5.41) is 3.08. The van der Waals surface area contributed by atoms with Gasteiger partial charge < -0.3 is 16.0 Å². The van der Waals surface area contributed by atoms with Crippen molar-refractivity contribution < 1.29 is 4.79 Å². The zero-order chi connectivity index (χ0) is 23.0. The SMILES string of the molecule is CCN(c1ccnc(NC(Cc2ccccc2)C(N)=O)n1)c1ccnc(-c2ccccc2)n1. The second-order valence-electron chi connectivity index (χ2n) is 7.38. The predicted octanol–water partition coefficient (Wildman–Crippen LogP) is 3.60. The van der Waals surface area contributed by atoms with E-state index in [1.807, 2.05) is 78.6 Å². The Labute approximate surface area is 192 Å². The number of carbonyl (C=O) groups is 1. The Morgan fingerprint density at radius 3 is 2.21 bits per heavy atom. The summed E-state index contributed by atoms with van der Waals surface area (Å²) in [6.45, 7) is 2.64. The Balaban J connectivity index is 1.57. The summed E-state index contributed by atoms with van der Waals surface area (Å²) in [5.74, 6) is 1.85. The van der Waals surface area contributed by atoms with Crippen LogP contribution in [0.25, 0.3) is 11.4 Å². The highest BCUT2D eigenvalue weighted by Crippen LogP contribution is 2.24. The van der Waals surface area contributed by atoms with Gasteiger partial charge in [-0.15, -0.1) is 0 Å². The van der Waals surface area contributed by atoms with Crippen LogP contribution in [0.2, 0.25) is 0 Å². The molecular formula is C25H25N7O. The molecule has 0 saturated heterocycles. The van der Waals surface area contributed by atoms with Gasteiger partial charge in [-0.1, -0.05) is 60.7 Å². The number of anilines is 3. The van der Waals surface area contributed by atoms with Crippen LogP contribution in [0.4, 0.5) is 17.6 Å². The molecule has 0 aliphatic rings. The molecular weight excluding hydrogens is 414 g/mol. The van der Waals surface area contributed by atoms with Crippen LogP contribution < -0.4 is 16.0 Å². The lowest BCUT2D eigenvalue weighted by molar-refractivity contribution is -0.118. The van der Waals surface area contributed by atoms with E-state index in [1.54, 1.807) is 18.5 Å². The molecule has 8 nitrogen and oxygen atoms in total. The molecule has 1 atom stereocenters. The fourth-order valence-corrected chi connectivity index (χ4v) is 3.46. The van der Waals surface area contributed by atoms with Crippen LogP contribution >= 0.6 is 0 Å². The van der Waals surface area contributed by atoms with Crippen molar-refractivity contribution in [1.29, 1.82) is 0 Å². The van der Waals surface area contributed by atoms with Gasteiger partial charge in [0.1, 0.15) is 17.7 Å². The highest BCUT2D eigenvalue weighted by Gasteiger charge is 2.18. The average Bonchev–Trinajstić information content (AvgIpc) is 2.86. The van der Waals surface area contributed by atoms with Crippen LogP contribution in [0, 0.1) is 0 Å². The topological polar surface area (TPSA) is 110 Å². The zero-order valence-corrected chi connectivity index (χ0v) is 18.3. The van der Waals surface area contributed by atoms with E-state index in [2.05, 4.69) is 20.3 Å². The maximum absolute atomic E-state index is 12.1. The van der Waals surface area contributed by atoms with Gasteiger partial charge in [0.25, 0.3) is 0 Å². The molecule has 0 radical (unpaired) electrons. The van der Waals surface area contributed by atoms with Crippen molar-refractivity contribution in [3.05, 3.63) is 90.8 Å². The molecule has 0 aliphatic heterocycles. The molecule has 8 heteroatoms. The summed E-state index contributed by atoms with van der Waals surface area (Å²) >= 11 is 0. The van der Waals surface area contributed by atoms with E-state index in [0.29, 0.717) is 36.4 Å². The van der Waals surface area contributed by atoms with Crippen molar-refractivity contribution >= 4 is 23.5 Å². The largest absolute Gasteiger partial charge is 0.368 e. The summed E-state index contributed by atoms with van der Waals surface area (Å²) in [6, 6.07) is 22.5. The number of nitrogens with zero attached hydrogens (tertiary/aromatic N) is 5. The number of benzene rings is 2. The highest BCUT2D eigenvalue weighted by molar-refractivity contribution is 5.82. The van der Waals surface area contributed by atoms with Crippen molar-refractivity contribution in [3.8, 4) is 11.4 Å². The van der Waals surface area contributed by atoms with Crippen LogP contribution in [-0.4, -0.2) is 38.4 Å². The van der Waals surface area contributed by atoms with Crippen LogP contribution in [0.3, 0.4) is 0 Å². The smallest absolute Gasteiger partial charge is 0.240 e. The number of hydrogen-bond donors (Lipinski definition) is 2. The Kier molecular flexibility index (Phi) is 6.84. The lowest BCUT2D eigenvalue weighted by Gasteiger charge is -2.22. The Morgan fingerprint density at radius 1 is 0.909 bits per heavy atom. The van der Waals surface area contributed by atoms with E-state index in [-0.39, 0.29) is 0 Å². The molecule has 2 aromatic heterocycles. The molecule has 166 valence electrons. The average molecular weight is 440 g/mol. The molecule has 0 bridgehead atoms. The molecule has 4 rings (SSSR count). The second-order valence-corrected chi connectivity index (χ2v) is 7.38. The number of primary amides is 1. The van der Waals surface area contributed by atoms with Crippen LogP contribution in [0.1, 0.15) is 12.5 Å². The fraction of sp³-hybridized carbons (Fsp3) is 0.160. The summed E-state index contributed by atoms with van der Waals surface area (Å²) in [5.41, 5.74) is 7.57. The molecule has 33 heavy (non-hydrogen) atoms. The van der Waals surface area contributed by atoms with Crippen molar-refractivity contribution in [1.82, 2.24) is 19.9 Å². The van der Waals surface area contributed by atoms with Crippen molar-refractivity contribution in [2.45, 2.75) is 19.4 Å². The zero-order valence-electron chi connectivity index (χ0n) is 18.3. The van der Waals surface area contributed by atoms with Crippen molar-refractivity contribution in [3.63, 3.8) is 0 Å². The first-order chi connectivity index (χ1) is 16.1. The predicted molar refractivity (Wildman–Crippen MR) is 129 cm³/mol. The Morgan fingerprint density at radius 2 is 1.55 bits per heavy atom. The van der Waals surface area contributed by atoms with Crippen LogP contribution in [-0.2, 0) is 11.2 Å². The summed E-state index contributed by atoms with van der Waals surface area (Å²) < 4.78 is 0. The lowest BCUT2D eigenvalue weighted by atomic mass is 10.1. The molecule has 1 amide bonds. The minimum atomic E-state index is -0.638. The van der Waals surface area contributed by atoms with Gasteiger partial charge in [0.2, 0.25) is 11.9 Å². The molecule has 3 N–H and O–H groups in total. The monoisotopic (exact) mass is 439 g/mol. The molecule has 0 fully saturated rings. The van der Waals surface area contributed by atoms with Crippen LogP contribution in [0.15, 0.2) is 85.2 Å². The Bertz CT molecular complexity index is 1200. The van der Waals surface area contributed by atoms with E-state index in [9.17, 15) is 4.79 Å². The third-order valence-electron chi connectivity index (χ3n) is 5.11. The van der Waals surface area contributed by atoms with E-state index < -0.39 is 11.9 Å². The number of nitrogens with one attached hydrogen (secondary N) is 1. The van der Waals surface area contributed by atoms with Gasteiger partial charge in [0.05, 0.1) is 0 Å². The van der Waals surface area contributed by atoms with Gasteiger partial charge in [0.15, 0.2) is 5.82 Å². The first-order valence-corrected chi connectivity index (χ1v) is 10.7. The summed E-state index contributed by atoms with van der Waals surface area (Å²) in [6.07, 6.45) is 3.82. The molecule has 1 unspecified atom stereocenters. The van der Waals surface area contributed by atoms with Crippen LogP contribution in [0.5, 0.6) is 0 Å². The molecule has 4 aromatic rings. The van der Waals surface area contributed by atoms with E-state index >= 15 is 0 Å². The minimum Gasteiger partial charge on any atom is -0.368 e. The van der Waals surface area contributed by atoms with Gasteiger partial charge >= 0.3 is 0 Å². The Hall–Kier alpha value is -4.33. The minimum absolute atomic E-state index is 0.322. The third-order valence-corrected chi connectivity index (χ3v) is 5.11. The van der Waals surface area contributed by atoms with E-state index in [4.69, 9.17) is 10.7 Å². The van der Waals surface area contributed by atoms with Crippen molar-refractivity contribution in [2.75, 3.05) is 16.8 Å². The molecule has 0 saturated carbocycles. The molecule has 0 aliphatic carbocycles. The molecule has 2 aromatic carbocycles. The van der Waals surface area contributed by atoms with Gasteiger partial charge in [0, 0.05) is 30.9 Å². The van der Waals surface area contributed by atoms with E-state index in [0.717, 1.165) is 11.1 Å². The number of amides is 1. The summed E-state index contributed by atoms with van der Waals surface area (Å²) in [4.78, 5) is 32.0. The lowest BCUT2D eigenvalue weighted by Crippen LogP contribution is -2.38. The number of rotatable bonds is 9. The fourth-order valence-electron chi connectivity index (χ4n) is 3.46. The van der Waals surface area contributed by atoms with Gasteiger partial charge in [-0.25, -0.2) is 15.0 Å². The number of carbonyl (C=O) groups excluding carboxylic acids is 1. The first kappa shape index (κ1) is 21.9. The number of hydrogen-bond acceptors (Lipinski definition) is 7. The standard InChI is InChI=1S/C25H25N7O/c1-2-32(21-13-15-27-24(30-21)19-11-7-4-8-12-19)22-14-16-28-25(31-22)29-20(23(26)33)17-18-9-5-3-6-10-18/h3-16,20H,2,17H2,1H3,(H2,26,33)(H,28,29,31). The van der Waals surface area contributed by atoms with Gasteiger partial charge in [-0.2, -0.15) is 4.98 Å². The van der Waals surface area contributed by atoms with Gasteiger partial charge in [-0.05, 0) is 24.6 Å². The molecule has 0 spiro atoms. The van der Waals surface area contributed by atoms with E-state index in [1.165, 1.54) is 0 Å². The quantitative estimate of drug-likeness (QED) is 0.410. The number of aromatic nitrogens is 4. The molecule has 2 heterocycles. The normalized spacial score (nSPS) is 11.5. The van der Waals surface area contributed by atoms with Crippen molar-refractivity contribution in [2.24, 2.45) is 5.73 Å².